The van der Waals surface area contributed by atoms with Gasteiger partial charge in [-0.15, -0.1) is 0 Å². The quantitative estimate of drug-likeness (QED) is 0.612. The van der Waals surface area contributed by atoms with Gasteiger partial charge in [0.1, 0.15) is 0 Å². The summed E-state index contributed by atoms with van der Waals surface area (Å²) in [6.45, 7) is 4.90. The van der Waals surface area contributed by atoms with Crippen molar-refractivity contribution in [1.29, 1.82) is 0 Å². The van der Waals surface area contributed by atoms with Gasteiger partial charge in [0, 0.05) is 17.2 Å². The van der Waals surface area contributed by atoms with Crippen molar-refractivity contribution in [3.63, 3.8) is 0 Å². The predicted molar refractivity (Wildman–Crippen MR) is 95.5 cm³/mol. The topological polar surface area (TPSA) is 72.5 Å². The zero-order chi connectivity index (χ0) is 20.1. The van der Waals surface area contributed by atoms with Crippen molar-refractivity contribution in [2.45, 2.75) is 26.9 Å². The van der Waals surface area contributed by atoms with Crippen molar-refractivity contribution in [1.82, 2.24) is 0 Å². The van der Waals surface area contributed by atoms with Gasteiger partial charge < -0.3 is 10.1 Å². The molecule has 0 saturated heterocycles. The van der Waals surface area contributed by atoms with E-state index in [0.29, 0.717) is 11.8 Å². The molecular formula is C20H19F2NO4. The Bertz CT molecular complexity index is 863. The average Bonchev–Trinajstić information content (AvgIpc) is 2.63. The van der Waals surface area contributed by atoms with E-state index < -0.39 is 29.5 Å². The standard InChI is InChI=1S/C20H19F2NO4/c1-11(2)19(25)23-15-7-4-13(5-8-15)18(24)12(3)27-20(26)14-6-9-16(21)17(22)10-14/h4-12H,1-3H3,(H,23,25). The molecule has 7 heteroatoms. The van der Waals surface area contributed by atoms with Crippen LogP contribution in [0.15, 0.2) is 42.5 Å². The highest BCUT2D eigenvalue weighted by molar-refractivity contribution is 6.02. The molecular weight excluding hydrogens is 356 g/mol. The van der Waals surface area contributed by atoms with Crippen molar-refractivity contribution >= 4 is 23.3 Å². The minimum absolute atomic E-state index is 0.150. The second-order valence-electron chi connectivity index (χ2n) is 6.26. The molecule has 0 aliphatic heterocycles. The Morgan fingerprint density at radius 3 is 2.04 bits per heavy atom. The first kappa shape index (κ1) is 20.2. The van der Waals surface area contributed by atoms with Crippen LogP contribution < -0.4 is 5.32 Å². The molecule has 2 aromatic rings. The third-order valence-corrected chi connectivity index (χ3v) is 3.77. The smallest absolute Gasteiger partial charge is 0.338 e. The van der Waals surface area contributed by atoms with E-state index in [9.17, 15) is 23.2 Å². The largest absolute Gasteiger partial charge is 0.451 e. The molecule has 0 aromatic heterocycles. The molecule has 27 heavy (non-hydrogen) atoms. The third-order valence-electron chi connectivity index (χ3n) is 3.77. The Kier molecular flexibility index (Phi) is 6.39. The number of Topliss-reactive ketones (excluding diaryl/α,β-unsaturated/α-hetero) is 1. The molecule has 0 fully saturated rings. The van der Waals surface area contributed by atoms with Gasteiger partial charge in [-0.3, -0.25) is 9.59 Å². The molecule has 1 N–H and O–H groups in total. The first-order valence-corrected chi connectivity index (χ1v) is 8.30. The lowest BCUT2D eigenvalue weighted by Gasteiger charge is -2.13. The fourth-order valence-corrected chi connectivity index (χ4v) is 2.14. The van der Waals surface area contributed by atoms with E-state index in [1.54, 1.807) is 26.0 Å². The van der Waals surface area contributed by atoms with Gasteiger partial charge in [0.15, 0.2) is 17.7 Å². The van der Waals surface area contributed by atoms with E-state index in [0.717, 1.165) is 12.1 Å². The maximum absolute atomic E-state index is 13.2. The second-order valence-corrected chi connectivity index (χ2v) is 6.26. The third kappa shape index (κ3) is 5.20. The molecule has 0 saturated carbocycles. The number of ketones is 1. The SMILES string of the molecule is CC(C)C(=O)Nc1ccc(C(=O)C(C)OC(=O)c2ccc(F)c(F)c2)cc1. The van der Waals surface area contributed by atoms with Crippen molar-refractivity contribution in [2.24, 2.45) is 5.92 Å². The number of halogens is 2. The van der Waals surface area contributed by atoms with Gasteiger partial charge in [-0.2, -0.15) is 0 Å². The van der Waals surface area contributed by atoms with E-state index >= 15 is 0 Å². The molecule has 0 bridgehead atoms. The maximum atomic E-state index is 13.2. The summed E-state index contributed by atoms with van der Waals surface area (Å²) in [6, 6.07) is 8.73. The van der Waals surface area contributed by atoms with E-state index in [1.165, 1.54) is 19.1 Å². The summed E-state index contributed by atoms with van der Waals surface area (Å²) >= 11 is 0. The Morgan fingerprint density at radius 1 is 0.889 bits per heavy atom. The van der Waals surface area contributed by atoms with E-state index in [2.05, 4.69) is 5.32 Å². The molecule has 0 aliphatic carbocycles. The highest BCUT2D eigenvalue weighted by Crippen LogP contribution is 2.15. The van der Waals surface area contributed by atoms with Crippen LogP contribution >= 0.6 is 0 Å². The van der Waals surface area contributed by atoms with Crippen LogP contribution in [0.4, 0.5) is 14.5 Å². The number of hydrogen-bond donors (Lipinski definition) is 1. The van der Waals surface area contributed by atoms with Crippen LogP contribution in [0.25, 0.3) is 0 Å². The highest BCUT2D eigenvalue weighted by Gasteiger charge is 2.21. The number of carbonyl (C=O) groups excluding carboxylic acids is 3. The number of benzene rings is 2. The van der Waals surface area contributed by atoms with E-state index in [1.807, 2.05) is 0 Å². The zero-order valence-corrected chi connectivity index (χ0v) is 15.1. The Morgan fingerprint density at radius 2 is 1.48 bits per heavy atom. The van der Waals surface area contributed by atoms with Crippen molar-refractivity contribution in [3.8, 4) is 0 Å². The van der Waals surface area contributed by atoms with Gasteiger partial charge in [0.05, 0.1) is 5.56 Å². The monoisotopic (exact) mass is 375 g/mol. The van der Waals surface area contributed by atoms with Gasteiger partial charge in [-0.1, -0.05) is 13.8 Å². The van der Waals surface area contributed by atoms with Crippen molar-refractivity contribution < 1.29 is 27.9 Å². The number of carbonyl (C=O) groups is 3. The number of anilines is 1. The summed E-state index contributed by atoms with van der Waals surface area (Å²) in [5, 5.41) is 2.70. The summed E-state index contributed by atoms with van der Waals surface area (Å²) < 4.78 is 31.1. The number of amides is 1. The van der Waals surface area contributed by atoms with Gasteiger partial charge >= 0.3 is 5.97 Å². The highest BCUT2D eigenvalue weighted by atomic mass is 19.2. The molecule has 2 rings (SSSR count). The summed E-state index contributed by atoms with van der Waals surface area (Å²) in [6.07, 6.45) is -1.12. The van der Waals surface area contributed by atoms with Crippen molar-refractivity contribution in [3.05, 3.63) is 65.2 Å². The van der Waals surface area contributed by atoms with Crippen LogP contribution in [0.5, 0.6) is 0 Å². The minimum atomic E-state index is -1.18. The van der Waals surface area contributed by atoms with Gasteiger partial charge in [0.25, 0.3) is 0 Å². The molecule has 0 spiro atoms. The number of ether oxygens (including phenoxy) is 1. The lowest BCUT2D eigenvalue weighted by atomic mass is 10.1. The number of esters is 1. The van der Waals surface area contributed by atoms with Crippen LogP contribution in [0.3, 0.4) is 0 Å². The number of rotatable bonds is 6. The Labute approximate surface area is 155 Å². The molecule has 1 amide bonds. The summed E-state index contributed by atoms with van der Waals surface area (Å²) in [5.41, 5.74) is 0.625. The zero-order valence-electron chi connectivity index (χ0n) is 15.1. The summed E-state index contributed by atoms with van der Waals surface area (Å²) in [4.78, 5) is 36.0. The fourth-order valence-electron chi connectivity index (χ4n) is 2.14. The molecule has 142 valence electrons. The van der Waals surface area contributed by atoms with Crippen LogP contribution in [-0.2, 0) is 9.53 Å². The maximum Gasteiger partial charge on any atom is 0.338 e. The first-order chi connectivity index (χ1) is 12.7. The minimum Gasteiger partial charge on any atom is -0.451 e. The van der Waals surface area contributed by atoms with Gasteiger partial charge in [-0.25, -0.2) is 13.6 Å². The second kappa shape index (κ2) is 8.53. The molecule has 0 aliphatic rings. The summed E-state index contributed by atoms with van der Waals surface area (Å²) in [5.74, 6) is -3.99. The Balaban J connectivity index is 2.02. The molecule has 1 unspecified atom stereocenters. The fraction of sp³-hybridized carbons (Fsp3) is 0.250. The molecule has 1 atom stereocenters. The van der Waals surface area contributed by atoms with Crippen molar-refractivity contribution in [2.75, 3.05) is 5.32 Å². The van der Waals surface area contributed by atoms with Gasteiger partial charge in [-0.05, 0) is 49.4 Å². The molecule has 2 aromatic carbocycles. The van der Waals surface area contributed by atoms with E-state index in [-0.39, 0.29) is 23.0 Å². The number of nitrogens with one attached hydrogen (secondary N) is 1. The lowest BCUT2D eigenvalue weighted by molar-refractivity contribution is -0.118. The van der Waals surface area contributed by atoms with E-state index in [4.69, 9.17) is 4.74 Å². The molecule has 0 heterocycles. The summed E-state index contributed by atoms with van der Waals surface area (Å²) in [7, 11) is 0. The Hall–Kier alpha value is -3.09. The van der Waals surface area contributed by atoms with Crippen LogP contribution in [0.1, 0.15) is 41.5 Å². The average molecular weight is 375 g/mol. The molecule has 0 radical (unpaired) electrons. The van der Waals surface area contributed by atoms with Crippen LogP contribution in [0.2, 0.25) is 0 Å². The van der Waals surface area contributed by atoms with Crippen LogP contribution in [0, 0.1) is 17.6 Å². The van der Waals surface area contributed by atoms with Crippen LogP contribution in [-0.4, -0.2) is 23.8 Å². The lowest BCUT2D eigenvalue weighted by Crippen LogP contribution is -2.24. The predicted octanol–water partition coefficient (Wildman–Crippen LogP) is 3.99. The first-order valence-electron chi connectivity index (χ1n) is 8.30. The normalized spacial score (nSPS) is 11.8. The van der Waals surface area contributed by atoms with Gasteiger partial charge in [0.2, 0.25) is 11.7 Å². The molecule has 5 nitrogen and oxygen atoms in total. The number of hydrogen-bond acceptors (Lipinski definition) is 4.